The molecule has 0 spiro atoms. The first kappa shape index (κ1) is 31.1. The van der Waals surface area contributed by atoms with Crippen LogP contribution in [0.3, 0.4) is 0 Å². The van der Waals surface area contributed by atoms with Gasteiger partial charge in [0.1, 0.15) is 0 Å². The lowest BCUT2D eigenvalue weighted by Crippen LogP contribution is -2.00. The van der Waals surface area contributed by atoms with E-state index >= 15 is 0 Å². The van der Waals surface area contributed by atoms with Gasteiger partial charge in [0.25, 0.3) is 0 Å². The number of pyridine rings is 2. The van der Waals surface area contributed by atoms with Gasteiger partial charge >= 0.3 is 0 Å². The van der Waals surface area contributed by atoms with E-state index in [1.54, 1.807) is 0 Å². The molecule has 0 bridgehead atoms. The number of hydrogen-bond donors (Lipinski definition) is 0. The SMILES string of the molecule is [C-]#[N+]c1ccc2nc3c(cc(-c4ccc(-c5ccc(-c6nc(-c7ccccc7)nc(-c7ccccc7)n6)cc5)c5ccccc45)c4cccnc43)cc2c1. The Morgan fingerprint density at radius 2 is 0.963 bits per heavy atom. The van der Waals surface area contributed by atoms with Gasteiger partial charge in [-0.15, -0.1) is 0 Å². The second kappa shape index (κ2) is 12.9. The number of nitrogens with zero attached hydrogens (tertiary/aromatic N) is 6. The maximum atomic E-state index is 7.50. The molecular weight excluding hydrogens is 661 g/mol. The van der Waals surface area contributed by atoms with Crippen molar-refractivity contribution in [1.82, 2.24) is 24.9 Å². The van der Waals surface area contributed by atoms with Crippen molar-refractivity contribution in [2.45, 2.75) is 0 Å². The van der Waals surface area contributed by atoms with Crippen LogP contribution in [0.25, 0.3) is 105 Å². The van der Waals surface area contributed by atoms with E-state index in [4.69, 9.17) is 31.5 Å². The van der Waals surface area contributed by atoms with E-state index in [1.165, 1.54) is 0 Å². The van der Waals surface area contributed by atoms with E-state index in [0.717, 1.165) is 82.4 Å². The largest absolute Gasteiger partial charge is 0.254 e. The van der Waals surface area contributed by atoms with Crippen molar-refractivity contribution in [3.05, 3.63) is 181 Å². The van der Waals surface area contributed by atoms with Crippen molar-refractivity contribution in [2.75, 3.05) is 0 Å². The molecule has 250 valence electrons. The molecule has 0 aliphatic rings. The molecule has 0 aliphatic heterocycles. The molecule has 0 fully saturated rings. The van der Waals surface area contributed by atoms with Crippen LogP contribution in [-0.2, 0) is 0 Å². The first-order valence-electron chi connectivity index (χ1n) is 17.7. The van der Waals surface area contributed by atoms with Gasteiger partial charge in [-0.05, 0) is 68.7 Å². The average Bonchev–Trinajstić information content (AvgIpc) is 3.25. The fourth-order valence-electron chi connectivity index (χ4n) is 7.34. The first-order chi connectivity index (χ1) is 26.7. The smallest absolute Gasteiger partial charge is 0.187 e. The van der Waals surface area contributed by atoms with Gasteiger partial charge in [0.05, 0.1) is 23.1 Å². The Morgan fingerprint density at radius 3 is 1.63 bits per heavy atom. The molecule has 0 saturated carbocycles. The minimum atomic E-state index is 0.597. The summed E-state index contributed by atoms with van der Waals surface area (Å²) < 4.78 is 0. The monoisotopic (exact) mass is 688 g/mol. The van der Waals surface area contributed by atoms with E-state index in [0.29, 0.717) is 23.2 Å². The molecule has 6 heteroatoms. The second-order valence-electron chi connectivity index (χ2n) is 13.2. The molecule has 0 amide bonds. The number of hydrogen-bond acceptors (Lipinski definition) is 5. The van der Waals surface area contributed by atoms with E-state index in [-0.39, 0.29) is 0 Å². The summed E-state index contributed by atoms with van der Waals surface area (Å²) in [5.74, 6) is 1.90. The highest BCUT2D eigenvalue weighted by Crippen LogP contribution is 2.41. The zero-order chi connectivity index (χ0) is 36.0. The van der Waals surface area contributed by atoms with Crippen molar-refractivity contribution in [1.29, 1.82) is 0 Å². The van der Waals surface area contributed by atoms with E-state index in [1.807, 2.05) is 91.1 Å². The maximum Gasteiger partial charge on any atom is 0.187 e. The highest BCUT2D eigenvalue weighted by molar-refractivity contribution is 6.16. The highest BCUT2D eigenvalue weighted by Gasteiger charge is 2.17. The van der Waals surface area contributed by atoms with Crippen LogP contribution in [0, 0.1) is 6.57 Å². The third kappa shape index (κ3) is 5.40. The predicted octanol–water partition coefficient (Wildman–Crippen LogP) is 12.2. The fourth-order valence-corrected chi connectivity index (χ4v) is 7.34. The van der Waals surface area contributed by atoms with Crippen LogP contribution in [0.1, 0.15) is 0 Å². The quantitative estimate of drug-likeness (QED) is 0.102. The lowest BCUT2D eigenvalue weighted by atomic mass is 9.89. The predicted molar refractivity (Wildman–Crippen MR) is 219 cm³/mol. The molecule has 10 rings (SSSR count). The first-order valence-corrected chi connectivity index (χ1v) is 17.7. The minimum Gasteiger partial charge on any atom is -0.254 e. The van der Waals surface area contributed by atoms with Crippen LogP contribution < -0.4 is 0 Å². The van der Waals surface area contributed by atoms with Gasteiger partial charge in [-0.3, -0.25) is 4.98 Å². The Kier molecular flexibility index (Phi) is 7.41. The average molecular weight is 689 g/mol. The molecule has 7 aromatic carbocycles. The molecule has 0 saturated heterocycles. The number of rotatable bonds is 5. The minimum absolute atomic E-state index is 0.597. The van der Waals surface area contributed by atoms with Gasteiger partial charge in [0.2, 0.25) is 0 Å². The second-order valence-corrected chi connectivity index (χ2v) is 13.2. The summed E-state index contributed by atoms with van der Waals surface area (Å²) in [5, 5.41) is 5.25. The Labute approximate surface area is 311 Å². The molecule has 0 atom stereocenters. The Hall–Kier alpha value is -7.62. The summed E-state index contributed by atoms with van der Waals surface area (Å²) in [7, 11) is 0. The molecule has 0 N–H and O–H groups in total. The lowest BCUT2D eigenvalue weighted by molar-refractivity contribution is 1.07. The van der Waals surface area contributed by atoms with E-state index in [9.17, 15) is 0 Å². The van der Waals surface area contributed by atoms with Crippen LogP contribution in [0.5, 0.6) is 0 Å². The summed E-state index contributed by atoms with van der Waals surface area (Å²) in [5.41, 5.74) is 10.4. The Bertz CT molecular complexity index is 3040. The highest BCUT2D eigenvalue weighted by atomic mass is 15.0. The fraction of sp³-hybridized carbons (Fsp3) is 0. The molecule has 3 heterocycles. The normalized spacial score (nSPS) is 11.3. The summed E-state index contributed by atoms with van der Waals surface area (Å²) in [6.07, 6.45) is 1.83. The number of aromatic nitrogens is 5. The van der Waals surface area contributed by atoms with Crippen LogP contribution in [0.15, 0.2) is 170 Å². The third-order valence-corrected chi connectivity index (χ3v) is 9.95. The van der Waals surface area contributed by atoms with Gasteiger partial charge in [-0.25, -0.2) is 24.8 Å². The van der Waals surface area contributed by atoms with E-state index < -0.39 is 0 Å². The standard InChI is InChI=1S/C48H28N6/c1-49-36-22-25-43-34(28-36)27-35-29-42(41-17-10-26-50-45(41)44(35)51-43)40-24-23-37(38-15-8-9-16-39(38)40)30-18-20-33(21-19-30)48-53-46(31-11-4-2-5-12-31)52-47(54-48)32-13-6-3-7-14-32/h2-29H. The van der Waals surface area contributed by atoms with Gasteiger partial charge in [0.15, 0.2) is 23.2 Å². The van der Waals surface area contributed by atoms with Crippen LogP contribution in [0.4, 0.5) is 5.69 Å². The van der Waals surface area contributed by atoms with Crippen LogP contribution in [-0.4, -0.2) is 24.9 Å². The molecule has 0 radical (unpaired) electrons. The topological polar surface area (TPSA) is 68.8 Å². The molecule has 6 nitrogen and oxygen atoms in total. The van der Waals surface area contributed by atoms with Crippen LogP contribution in [0.2, 0.25) is 0 Å². The third-order valence-electron chi connectivity index (χ3n) is 9.95. The van der Waals surface area contributed by atoms with Gasteiger partial charge in [0, 0.05) is 33.7 Å². The van der Waals surface area contributed by atoms with Crippen molar-refractivity contribution >= 4 is 49.2 Å². The maximum absolute atomic E-state index is 7.50. The lowest BCUT2D eigenvalue weighted by Gasteiger charge is -2.15. The summed E-state index contributed by atoms with van der Waals surface area (Å²) >= 11 is 0. The van der Waals surface area contributed by atoms with Crippen molar-refractivity contribution in [2.24, 2.45) is 0 Å². The van der Waals surface area contributed by atoms with Crippen LogP contribution >= 0.6 is 0 Å². The summed E-state index contributed by atoms with van der Waals surface area (Å²) in [6, 6.07) is 55.6. The van der Waals surface area contributed by atoms with Crippen molar-refractivity contribution in [3.63, 3.8) is 0 Å². The molecular formula is C48H28N6. The van der Waals surface area contributed by atoms with Gasteiger partial charge in [-0.1, -0.05) is 133 Å². The zero-order valence-corrected chi connectivity index (χ0v) is 28.8. The molecule has 0 aliphatic carbocycles. The summed E-state index contributed by atoms with van der Waals surface area (Å²) in [4.78, 5) is 28.2. The zero-order valence-electron chi connectivity index (χ0n) is 28.8. The molecule has 10 aromatic rings. The number of benzene rings is 7. The van der Waals surface area contributed by atoms with Crippen molar-refractivity contribution in [3.8, 4) is 56.4 Å². The Morgan fingerprint density at radius 1 is 0.389 bits per heavy atom. The molecule has 3 aromatic heterocycles. The van der Waals surface area contributed by atoms with Gasteiger partial charge < -0.3 is 0 Å². The number of fused-ring (bicyclic) bond motifs is 5. The van der Waals surface area contributed by atoms with Gasteiger partial charge in [-0.2, -0.15) is 0 Å². The Balaban J connectivity index is 1.09. The van der Waals surface area contributed by atoms with Crippen molar-refractivity contribution < 1.29 is 0 Å². The molecule has 0 unspecified atom stereocenters. The molecule has 54 heavy (non-hydrogen) atoms. The van der Waals surface area contributed by atoms with E-state index in [2.05, 4.69) is 83.7 Å². The summed E-state index contributed by atoms with van der Waals surface area (Å²) in [6.45, 7) is 7.50.